The molecule has 2 N–H and O–H groups in total. The van der Waals surface area contributed by atoms with Crippen LogP contribution in [0, 0.1) is 5.82 Å². The Kier molecular flexibility index (Phi) is 3.54. The molecule has 0 aliphatic carbocycles. The van der Waals surface area contributed by atoms with E-state index in [9.17, 15) is 14.0 Å². The van der Waals surface area contributed by atoms with Gasteiger partial charge in [0.25, 0.3) is 0 Å². The van der Waals surface area contributed by atoms with Crippen molar-refractivity contribution in [3.63, 3.8) is 0 Å². The van der Waals surface area contributed by atoms with E-state index in [1.165, 1.54) is 6.07 Å². The quantitative estimate of drug-likeness (QED) is 0.834. The molecule has 2 aromatic rings. The molecule has 3 rings (SSSR count). The lowest BCUT2D eigenvalue weighted by Crippen LogP contribution is -2.16. The third-order valence-corrected chi connectivity index (χ3v) is 4.22. The van der Waals surface area contributed by atoms with E-state index in [2.05, 4.69) is 10.3 Å². The molecule has 1 aromatic carbocycles. The Morgan fingerprint density at radius 1 is 1.57 bits per heavy atom. The lowest BCUT2D eigenvalue weighted by Gasteiger charge is -2.14. The molecule has 1 amide bonds. The number of hydrogen-bond acceptors (Lipinski definition) is 4. The molecule has 21 heavy (non-hydrogen) atoms. The predicted molar refractivity (Wildman–Crippen MR) is 74.7 cm³/mol. The summed E-state index contributed by atoms with van der Waals surface area (Å²) in [6.45, 7) is 0.432. The largest absolute Gasteiger partial charge is 0.481 e. The molecule has 1 aromatic heterocycles. The standard InChI is InChI=1S/C13H12FN3O3S/c14-8-2-1-3-9-12(8)16-13(21-6-11(19)20)17(9)7-4-10(18)15-5-7/h1-3,7H,4-6H2,(H,15,18)(H,19,20). The number of fused-ring (bicyclic) bond motifs is 1. The number of carbonyl (C=O) groups excluding carboxylic acids is 1. The van der Waals surface area contributed by atoms with Gasteiger partial charge in [0.05, 0.1) is 17.3 Å². The van der Waals surface area contributed by atoms with E-state index in [0.717, 1.165) is 11.8 Å². The zero-order chi connectivity index (χ0) is 15.0. The van der Waals surface area contributed by atoms with Crippen LogP contribution in [0.5, 0.6) is 0 Å². The molecule has 0 bridgehead atoms. The molecule has 1 aliphatic rings. The zero-order valence-electron chi connectivity index (χ0n) is 10.9. The molecule has 1 unspecified atom stereocenters. The maximum atomic E-state index is 13.9. The van der Waals surface area contributed by atoms with Crippen molar-refractivity contribution in [3.05, 3.63) is 24.0 Å². The number of aliphatic carboxylic acids is 1. The van der Waals surface area contributed by atoms with Crippen molar-refractivity contribution in [3.8, 4) is 0 Å². The van der Waals surface area contributed by atoms with Gasteiger partial charge in [0.15, 0.2) is 11.0 Å². The Hall–Kier alpha value is -2.09. The third-order valence-electron chi connectivity index (χ3n) is 3.28. The molecule has 0 radical (unpaired) electrons. The summed E-state index contributed by atoms with van der Waals surface area (Å²) in [6, 6.07) is 4.43. The minimum Gasteiger partial charge on any atom is -0.481 e. The highest BCUT2D eigenvalue weighted by Crippen LogP contribution is 2.31. The normalized spacial score (nSPS) is 18.1. The summed E-state index contributed by atoms with van der Waals surface area (Å²) in [7, 11) is 0. The zero-order valence-corrected chi connectivity index (χ0v) is 11.7. The van der Waals surface area contributed by atoms with Gasteiger partial charge in [-0.15, -0.1) is 0 Å². The minimum atomic E-state index is -0.972. The van der Waals surface area contributed by atoms with Crippen molar-refractivity contribution in [1.29, 1.82) is 0 Å². The van der Waals surface area contributed by atoms with Gasteiger partial charge < -0.3 is 15.0 Å². The Morgan fingerprint density at radius 2 is 2.38 bits per heavy atom. The second kappa shape index (κ2) is 5.36. The van der Waals surface area contributed by atoms with Crippen LogP contribution in [0.1, 0.15) is 12.5 Å². The number of nitrogens with one attached hydrogen (secondary N) is 1. The second-order valence-electron chi connectivity index (χ2n) is 4.72. The van der Waals surface area contributed by atoms with E-state index in [-0.39, 0.29) is 29.6 Å². The van der Waals surface area contributed by atoms with Crippen LogP contribution >= 0.6 is 11.8 Å². The van der Waals surface area contributed by atoms with E-state index in [1.807, 2.05) is 0 Å². The molecule has 1 fully saturated rings. The van der Waals surface area contributed by atoms with E-state index < -0.39 is 11.8 Å². The lowest BCUT2D eigenvalue weighted by molar-refractivity contribution is -0.134. The minimum absolute atomic E-state index is 0.0764. The molecule has 0 spiro atoms. The van der Waals surface area contributed by atoms with Crippen LogP contribution in [0.25, 0.3) is 11.0 Å². The summed E-state index contributed by atoms with van der Waals surface area (Å²) >= 11 is 1.02. The number of halogens is 1. The average molecular weight is 309 g/mol. The summed E-state index contributed by atoms with van der Waals surface area (Å²) in [5.41, 5.74) is 0.772. The van der Waals surface area contributed by atoms with Crippen molar-refractivity contribution in [2.24, 2.45) is 0 Å². The van der Waals surface area contributed by atoms with E-state index in [1.54, 1.807) is 16.7 Å². The predicted octanol–water partition coefficient (Wildman–Crippen LogP) is 1.41. The molecule has 1 saturated heterocycles. The molecular weight excluding hydrogens is 297 g/mol. The van der Waals surface area contributed by atoms with E-state index in [4.69, 9.17) is 5.11 Å². The molecule has 1 aliphatic heterocycles. The summed E-state index contributed by atoms with van der Waals surface area (Å²) in [4.78, 5) is 26.4. The molecular formula is C13H12FN3O3S. The van der Waals surface area contributed by atoms with E-state index >= 15 is 0 Å². The van der Waals surface area contributed by atoms with Crippen LogP contribution in [-0.4, -0.2) is 38.8 Å². The monoisotopic (exact) mass is 309 g/mol. The first-order valence-corrected chi connectivity index (χ1v) is 7.32. The van der Waals surface area contributed by atoms with Crippen molar-refractivity contribution < 1.29 is 19.1 Å². The number of carboxylic acid groups (broad SMARTS) is 1. The van der Waals surface area contributed by atoms with Gasteiger partial charge in [0, 0.05) is 13.0 Å². The fraction of sp³-hybridized carbons (Fsp3) is 0.308. The first-order valence-electron chi connectivity index (χ1n) is 6.34. The summed E-state index contributed by atoms with van der Waals surface area (Å²) in [5, 5.41) is 11.9. The molecule has 0 saturated carbocycles. The molecule has 1 atom stereocenters. The Morgan fingerprint density at radius 3 is 3.05 bits per heavy atom. The van der Waals surface area contributed by atoms with Crippen LogP contribution in [0.15, 0.2) is 23.4 Å². The maximum absolute atomic E-state index is 13.9. The Bertz CT molecular complexity index is 731. The van der Waals surface area contributed by atoms with Crippen LogP contribution in [-0.2, 0) is 9.59 Å². The fourth-order valence-corrected chi connectivity index (χ4v) is 3.21. The number of imidazole rings is 1. The van der Waals surface area contributed by atoms with Gasteiger partial charge in [-0.3, -0.25) is 9.59 Å². The third kappa shape index (κ3) is 2.58. The lowest BCUT2D eigenvalue weighted by atomic mass is 10.2. The molecule has 6 nitrogen and oxygen atoms in total. The topological polar surface area (TPSA) is 84.2 Å². The van der Waals surface area contributed by atoms with Crippen molar-refractivity contribution in [2.45, 2.75) is 17.6 Å². The fourth-order valence-electron chi connectivity index (χ4n) is 2.42. The second-order valence-corrected chi connectivity index (χ2v) is 5.66. The number of hydrogen-bond donors (Lipinski definition) is 2. The Balaban J connectivity index is 2.08. The van der Waals surface area contributed by atoms with Gasteiger partial charge in [0.1, 0.15) is 5.52 Å². The number of benzene rings is 1. The number of para-hydroxylation sites is 1. The highest BCUT2D eigenvalue weighted by molar-refractivity contribution is 7.99. The Labute approximate surface area is 123 Å². The van der Waals surface area contributed by atoms with Gasteiger partial charge in [-0.25, -0.2) is 9.37 Å². The smallest absolute Gasteiger partial charge is 0.313 e. The van der Waals surface area contributed by atoms with Crippen molar-refractivity contribution >= 4 is 34.7 Å². The van der Waals surface area contributed by atoms with Crippen LogP contribution < -0.4 is 5.32 Å². The van der Waals surface area contributed by atoms with Gasteiger partial charge in [-0.1, -0.05) is 17.8 Å². The maximum Gasteiger partial charge on any atom is 0.313 e. The molecule has 8 heteroatoms. The number of thioether (sulfide) groups is 1. The molecule has 110 valence electrons. The van der Waals surface area contributed by atoms with Crippen LogP contribution in [0.4, 0.5) is 4.39 Å². The number of amides is 1. The summed E-state index contributed by atoms with van der Waals surface area (Å²) in [5.74, 6) is -1.67. The van der Waals surface area contributed by atoms with Gasteiger partial charge >= 0.3 is 5.97 Å². The summed E-state index contributed by atoms with van der Waals surface area (Å²) < 4.78 is 15.6. The first-order chi connectivity index (χ1) is 10.1. The SMILES string of the molecule is O=C(O)CSc1nc2c(F)cccc2n1C1CNC(=O)C1. The van der Waals surface area contributed by atoms with Crippen LogP contribution in [0.3, 0.4) is 0 Å². The highest BCUT2D eigenvalue weighted by atomic mass is 32.2. The number of carbonyl (C=O) groups is 2. The van der Waals surface area contributed by atoms with Crippen molar-refractivity contribution in [1.82, 2.24) is 14.9 Å². The van der Waals surface area contributed by atoms with E-state index in [0.29, 0.717) is 17.2 Å². The van der Waals surface area contributed by atoms with Crippen molar-refractivity contribution in [2.75, 3.05) is 12.3 Å². The van der Waals surface area contributed by atoms with Gasteiger partial charge in [-0.2, -0.15) is 0 Å². The number of carboxylic acids is 1. The summed E-state index contributed by atoms with van der Waals surface area (Å²) in [6.07, 6.45) is 0.280. The highest BCUT2D eigenvalue weighted by Gasteiger charge is 2.28. The molecule has 2 heterocycles. The number of aromatic nitrogens is 2. The number of nitrogens with zero attached hydrogens (tertiary/aromatic N) is 2. The van der Waals surface area contributed by atoms with Gasteiger partial charge in [-0.05, 0) is 12.1 Å². The number of rotatable bonds is 4. The first kappa shape index (κ1) is 13.9. The van der Waals surface area contributed by atoms with Gasteiger partial charge in [0.2, 0.25) is 5.91 Å². The average Bonchev–Trinajstić information content (AvgIpc) is 3.00. The van der Waals surface area contributed by atoms with Crippen LogP contribution in [0.2, 0.25) is 0 Å².